The van der Waals surface area contributed by atoms with E-state index < -0.39 is 0 Å². The van der Waals surface area contributed by atoms with Gasteiger partial charge in [-0.3, -0.25) is 9.69 Å². The molecule has 1 aromatic carbocycles. The molecule has 106 valence electrons. The van der Waals surface area contributed by atoms with Gasteiger partial charge in [0.25, 0.3) is 0 Å². The van der Waals surface area contributed by atoms with Gasteiger partial charge in [-0.05, 0) is 63.9 Å². The lowest BCUT2D eigenvalue weighted by Gasteiger charge is -2.27. The van der Waals surface area contributed by atoms with Crippen molar-refractivity contribution in [3.05, 3.63) is 34.9 Å². The second-order valence-electron chi connectivity index (χ2n) is 5.38. The van der Waals surface area contributed by atoms with Crippen molar-refractivity contribution >= 4 is 5.78 Å². The van der Waals surface area contributed by atoms with Gasteiger partial charge in [0.05, 0.1) is 6.04 Å². The summed E-state index contributed by atoms with van der Waals surface area (Å²) in [6.45, 7) is 12.5. The van der Waals surface area contributed by atoms with E-state index in [4.69, 9.17) is 0 Å². The van der Waals surface area contributed by atoms with Crippen molar-refractivity contribution in [1.82, 2.24) is 4.90 Å². The molecule has 0 fully saturated rings. The topological polar surface area (TPSA) is 20.3 Å². The maximum atomic E-state index is 12.6. The monoisotopic (exact) mass is 261 g/mol. The summed E-state index contributed by atoms with van der Waals surface area (Å²) in [5.41, 5.74) is 3.27. The molecule has 19 heavy (non-hydrogen) atoms. The van der Waals surface area contributed by atoms with Gasteiger partial charge in [0.1, 0.15) is 0 Å². The first-order valence-corrected chi connectivity index (χ1v) is 7.36. The summed E-state index contributed by atoms with van der Waals surface area (Å²) in [4.78, 5) is 14.8. The SMILES string of the molecule is CCCN(CCC)C(C)C(=O)c1ccc(C)c(C)c1. The predicted molar refractivity (Wildman–Crippen MR) is 81.9 cm³/mol. The third-order valence-electron chi connectivity index (χ3n) is 3.74. The number of Topliss-reactive ketones (excluding diaryl/α,β-unsaturated/α-hetero) is 1. The molecule has 2 heteroatoms. The van der Waals surface area contributed by atoms with Crippen LogP contribution in [0.5, 0.6) is 0 Å². The van der Waals surface area contributed by atoms with Crippen LogP contribution < -0.4 is 0 Å². The van der Waals surface area contributed by atoms with Crippen LogP contribution in [0.2, 0.25) is 0 Å². The fourth-order valence-corrected chi connectivity index (χ4v) is 2.38. The van der Waals surface area contributed by atoms with Crippen molar-refractivity contribution in [2.45, 2.75) is 53.5 Å². The molecule has 0 saturated carbocycles. The number of benzene rings is 1. The van der Waals surface area contributed by atoms with E-state index in [0.29, 0.717) is 0 Å². The highest BCUT2D eigenvalue weighted by Gasteiger charge is 2.21. The summed E-state index contributed by atoms with van der Waals surface area (Å²) >= 11 is 0. The quantitative estimate of drug-likeness (QED) is 0.692. The van der Waals surface area contributed by atoms with Crippen LogP contribution in [0, 0.1) is 13.8 Å². The summed E-state index contributed by atoms with van der Waals surface area (Å²) in [5.74, 6) is 0.241. The fraction of sp³-hybridized carbons (Fsp3) is 0.588. The minimum Gasteiger partial charge on any atom is -0.294 e. The number of carbonyl (C=O) groups excluding carboxylic acids is 1. The van der Waals surface area contributed by atoms with Crippen molar-refractivity contribution in [2.75, 3.05) is 13.1 Å². The normalized spacial score (nSPS) is 12.7. The molecular formula is C17H27NO. The van der Waals surface area contributed by atoms with Crippen LogP contribution >= 0.6 is 0 Å². The Bertz CT molecular complexity index is 419. The Labute approximate surface area is 117 Å². The van der Waals surface area contributed by atoms with Gasteiger partial charge in [0.2, 0.25) is 0 Å². The van der Waals surface area contributed by atoms with E-state index in [9.17, 15) is 4.79 Å². The number of rotatable bonds is 7. The van der Waals surface area contributed by atoms with Gasteiger partial charge >= 0.3 is 0 Å². The molecular weight excluding hydrogens is 234 g/mol. The Morgan fingerprint density at radius 1 is 1.11 bits per heavy atom. The molecule has 0 heterocycles. The highest BCUT2D eigenvalue weighted by atomic mass is 16.1. The third kappa shape index (κ3) is 4.17. The Kier molecular flexibility index (Phi) is 6.23. The first-order chi connectivity index (χ1) is 9.01. The van der Waals surface area contributed by atoms with E-state index in [1.54, 1.807) is 0 Å². The smallest absolute Gasteiger partial charge is 0.179 e. The number of ketones is 1. The van der Waals surface area contributed by atoms with Crippen LogP contribution in [0.25, 0.3) is 0 Å². The van der Waals surface area contributed by atoms with Gasteiger partial charge in [0.15, 0.2) is 5.78 Å². The van der Waals surface area contributed by atoms with Crippen LogP contribution in [0.15, 0.2) is 18.2 Å². The number of aryl methyl sites for hydroxylation is 2. The summed E-state index contributed by atoms with van der Waals surface area (Å²) in [6, 6.07) is 5.99. The van der Waals surface area contributed by atoms with Gasteiger partial charge < -0.3 is 0 Å². The second kappa shape index (κ2) is 7.44. The highest BCUT2D eigenvalue weighted by Crippen LogP contribution is 2.14. The van der Waals surface area contributed by atoms with Crippen molar-refractivity contribution in [3.63, 3.8) is 0 Å². The van der Waals surface area contributed by atoms with Crippen molar-refractivity contribution in [3.8, 4) is 0 Å². The molecule has 0 saturated heterocycles. The number of hydrogen-bond donors (Lipinski definition) is 0. The second-order valence-corrected chi connectivity index (χ2v) is 5.38. The standard InChI is InChI=1S/C17H27NO/c1-6-10-18(11-7-2)15(5)17(19)16-9-8-13(3)14(4)12-16/h8-9,12,15H,6-7,10-11H2,1-5H3. The lowest BCUT2D eigenvalue weighted by atomic mass is 9.99. The zero-order chi connectivity index (χ0) is 14.4. The fourth-order valence-electron chi connectivity index (χ4n) is 2.38. The van der Waals surface area contributed by atoms with Crippen LogP contribution in [0.1, 0.15) is 55.1 Å². The summed E-state index contributed by atoms with van der Waals surface area (Å²) < 4.78 is 0. The molecule has 0 aliphatic carbocycles. The van der Waals surface area contributed by atoms with Crippen LogP contribution in [0.4, 0.5) is 0 Å². The van der Waals surface area contributed by atoms with Crippen molar-refractivity contribution < 1.29 is 4.79 Å². The van der Waals surface area contributed by atoms with E-state index in [0.717, 1.165) is 31.5 Å². The molecule has 0 spiro atoms. The van der Waals surface area contributed by atoms with E-state index in [1.807, 2.05) is 25.1 Å². The average molecular weight is 261 g/mol. The van der Waals surface area contributed by atoms with Crippen LogP contribution in [-0.2, 0) is 0 Å². The summed E-state index contributed by atoms with van der Waals surface area (Å²) in [5, 5.41) is 0. The van der Waals surface area contributed by atoms with E-state index in [1.165, 1.54) is 11.1 Å². The highest BCUT2D eigenvalue weighted by molar-refractivity contribution is 6.00. The largest absolute Gasteiger partial charge is 0.294 e. The zero-order valence-corrected chi connectivity index (χ0v) is 13.0. The average Bonchev–Trinajstić information content (AvgIpc) is 2.40. The Morgan fingerprint density at radius 2 is 1.68 bits per heavy atom. The van der Waals surface area contributed by atoms with Gasteiger partial charge in [-0.25, -0.2) is 0 Å². The summed E-state index contributed by atoms with van der Waals surface area (Å²) in [7, 11) is 0. The van der Waals surface area contributed by atoms with E-state index >= 15 is 0 Å². The number of nitrogens with zero attached hydrogens (tertiary/aromatic N) is 1. The molecule has 2 nitrogen and oxygen atoms in total. The lowest BCUT2D eigenvalue weighted by molar-refractivity contribution is 0.0838. The zero-order valence-electron chi connectivity index (χ0n) is 13.0. The molecule has 1 unspecified atom stereocenters. The molecule has 0 aliphatic heterocycles. The Hall–Kier alpha value is -1.15. The van der Waals surface area contributed by atoms with Gasteiger partial charge in [-0.1, -0.05) is 26.0 Å². The first-order valence-electron chi connectivity index (χ1n) is 7.36. The maximum Gasteiger partial charge on any atom is 0.179 e. The molecule has 0 aromatic heterocycles. The minimum absolute atomic E-state index is 0.0259. The molecule has 0 bridgehead atoms. The molecule has 0 radical (unpaired) electrons. The minimum atomic E-state index is -0.0259. The number of hydrogen-bond acceptors (Lipinski definition) is 2. The molecule has 1 rings (SSSR count). The van der Waals surface area contributed by atoms with E-state index in [2.05, 4.69) is 32.6 Å². The van der Waals surface area contributed by atoms with Crippen molar-refractivity contribution in [2.24, 2.45) is 0 Å². The number of carbonyl (C=O) groups is 1. The summed E-state index contributed by atoms with van der Waals surface area (Å²) in [6.07, 6.45) is 2.18. The first kappa shape index (κ1) is 15.9. The van der Waals surface area contributed by atoms with Gasteiger partial charge in [-0.15, -0.1) is 0 Å². The Morgan fingerprint density at radius 3 is 2.16 bits per heavy atom. The predicted octanol–water partition coefficient (Wildman–Crippen LogP) is 4.00. The van der Waals surface area contributed by atoms with Crippen LogP contribution in [0.3, 0.4) is 0 Å². The lowest BCUT2D eigenvalue weighted by Crippen LogP contribution is -2.40. The van der Waals surface area contributed by atoms with Gasteiger partial charge in [-0.2, -0.15) is 0 Å². The Balaban J connectivity index is 2.87. The third-order valence-corrected chi connectivity index (χ3v) is 3.74. The molecule has 0 aliphatic rings. The molecule has 0 N–H and O–H groups in total. The molecule has 1 aromatic rings. The van der Waals surface area contributed by atoms with Gasteiger partial charge in [0, 0.05) is 5.56 Å². The maximum absolute atomic E-state index is 12.6. The van der Waals surface area contributed by atoms with Crippen LogP contribution in [-0.4, -0.2) is 29.8 Å². The molecule has 1 atom stereocenters. The molecule has 0 amide bonds. The van der Waals surface area contributed by atoms with E-state index in [-0.39, 0.29) is 11.8 Å². The van der Waals surface area contributed by atoms with Crippen molar-refractivity contribution in [1.29, 1.82) is 0 Å².